The second-order valence-electron chi connectivity index (χ2n) is 5.04. The van der Waals surface area contributed by atoms with Gasteiger partial charge in [0.1, 0.15) is 0 Å². The largest absolute Gasteiger partial charge is 0.493 e. The van der Waals surface area contributed by atoms with Crippen molar-refractivity contribution in [3.8, 4) is 11.5 Å². The number of hydrogen-bond donors (Lipinski definition) is 2. The van der Waals surface area contributed by atoms with E-state index in [0.717, 1.165) is 25.1 Å². The summed E-state index contributed by atoms with van der Waals surface area (Å²) in [5.41, 5.74) is 2.20. The van der Waals surface area contributed by atoms with E-state index in [1.54, 1.807) is 14.2 Å². The van der Waals surface area contributed by atoms with E-state index in [-0.39, 0.29) is 0 Å². The lowest BCUT2D eigenvalue weighted by atomic mass is 10.1. The normalized spacial score (nSPS) is 10.0. The third-order valence-corrected chi connectivity index (χ3v) is 3.66. The summed E-state index contributed by atoms with van der Waals surface area (Å²) in [5, 5.41) is 6.97. The molecule has 2 aromatic rings. The van der Waals surface area contributed by atoms with Crippen LogP contribution in [0.25, 0.3) is 0 Å². The average molecular weight is 330 g/mol. The van der Waals surface area contributed by atoms with E-state index < -0.39 is 0 Å². The Hall–Kier alpha value is -2.27. The highest BCUT2D eigenvalue weighted by Gasteiger charge is 2.05. The van der Waals surface area contributed by atoms with E-state index in [1.165, 1.54) is 5.56 Å². The summed E-state index contributed by atoms with van der Waals surface area (Å²) in [6, 6.07) is 16.0. The van der Waals surface area contributed by atoms with Crippen LogP contribution >= 0.6 is 12.2 Å². The molecular formula is C18H22N2O2S. The molecule has 0 radical (unpaired) electrons. The number of aryl methyl sites for hydroxylation is 1. The van der Waals surface area contributed by atoms with Crippen LogP contribution in [0, 0.1) is 0 Å². The third kappa shape index (κ3) is 5.45. The molecule has 0 heterocycles. The monoisotopic (exact) mass is 330 g/mol. The van der Waals surface area contributed by atoms with Gasteiger partial charge in [0, 0.05) is 18.3 Å². The van der Waals surface area contributed by atoms with Crippen LogP contribution in [0.5, 0.6) is 11.5 Å². The van der Waals surface area contributed by atoms with Gasteiger partial charge >= 0.3 is 0 Å². The fourth-order valence-electron chi connectivity index (χ4n) is 2.23. The molecular weight excluding hydrogens is 308 g/mol. The molecule has 0 fully saturated rings. The van der Waals surface area contributed by atoms with Crippen LogP contribution in [0.4, 0.5) is 5.69 Å². The molecule has 0 aromatic heterocycles. The molecule has 23 heavy (non-hydrogen) atoms. The Bertz CT molecular complexity index is 632. The molecule has 4 nitrogen and oxygen atoms in total. The molecule has 2 N–H and O–H groups in total. The summed E-state index contributed by atoms with van der Waals surface area (Å²) >= 11 is 5.31. The molecule has 122 valence electrons. The number of benzene rings is 2. The summed E-state index contributed by atoms with van der Waals surface area (Å²) in [4.78, 5) is 0. The Morgan fingerprint density at radius 3 is 2.43 bits per heavy atom. The van der Waals surface area contributed by atoms with Crippen molar-refractivity contribution in [2.75, 3.05) is 26.1 Å². The number of nitrogens with one attached hydrogen (secondary N) is 2. The van der Waals surface area contributed by atoms with E-state index in [0.29, 0.717) is 16.6 Å². The zero-order valence-corrected chi connectivity index (χ0v) is 14.3. The van der Waals surface area contributed by atoms with Crippen LogP contribution in [0.3, 0.4) is 0 Å². The minimum absolute atomic E-state index is 0.602. The second-order valence-corrected chi connectivity index (χ2v) is 5.45. The number of rotatable bonds is 7. The minimum atomic E-state index is 0.602. The van der Waals surface area contributed by atoms with E-state index in [1.807, 2.05) is 24.3 Å². The summed E-state index contributed by atoms with van der Waals surface area (Å²) in [6.45, 7) is 0.827. The first-order valence-corrected chi connectivity index (χ1v) is 7.94. The van der Waals surface area contributed by atoms with Crippen molar-refractivity contribution in [2.24, 2.45) is 0 Å². The zero-order chi connectivity index (χ0) is 16.5. The lowest BCUT2D eigenvalue weighted by molar-refractivity contribution is 0.355. The number of thiocarbonyl (C=S) groups is 1. The molecule has 0 saturated carbocycles. The maximum Gasteiger partial charge on any atom is 0.170 e. The molecule has 0 amide bonds. The van der Waals surface area contributed by atoms with Crippen LogP contribution in [0.1, 0.15) is 12.0 Å². The molecule has 0 saturated heterocycles. The molecule has 0 aliphatic carbocycles. The Kier molecular flexibility index (Phi) is 6.69. The first-order chi connectivity index (χ1) is 11.2. The molecule has 5 heteroatoms. The summed E-state index contributed by atoms with van der Waals surface area (Å²) in [6.07, 6.45) is 2.06. The van der Waals surface area contributed by atoms with Crippen molar-refractivity contribution < 1.29 is 9.47 Å². The highest BCUT2D eigenvalue weighted by Crippen LogP contribution is 2.29. The second kappa shape index (κ2) is 9.00. The van der Waals surface area contributed by atoms with Crippen molar-refractivity contribution in [1.82, 2.24) is 5.32 Å². The highest BCUT2D eigenvalue weighted by atomic mass is 32.1. The average Bonchev–Trinajstić information content (AvgIpc) is 2.59. The van der Waals surface area contributed by atoms with Gasteiger partial charge in [-0.15, -0.1) is 0 Å². The van der Waals surface area contributed by atoms with Crippen LogP contribution < -0.4 is 20.1 Å². The van der Waals surface area contributed by atoms with Gasteiger partial charge < -0.3 is 20.1 Å². The third-order valence-electron chi connectivity index (χ3n) is 3.41. The number of ether oxygens (including phenoxy) is 2. The number of methoxy groups -OCH3 is 2. The quantitative estimate of drug-likeness (QED) is 0.599. The smallest absolute Gasteiger partial charge is 0.170 e. The van der Waals surface area contributed by atoms with Crippen molar-refractivity contribution in [2.45, 2.75) is 12.8 Å². The van der Waals surface area contributed by atoms with Gasteiger partial charge in [-0.3, -0.25) is 0 Å². The van der Waals surface area contributed by atoms with Gasteiger partial charge in [0.2, 0.25) is 0 Å². The fourth-order valence-corrected chi connectivity index (χ4v) is 2.45. The van der Waals surface area contributed by atoms with Gasteiger partial charge in [-0.2, -0.15) is 0 Å². The van der Waals surface area contributed by atoms with Crippen LogP contribution in [0.2, 0.25) is 0 Å². The highest BCUT2D eigenvalue weighted by molar-refractivity contribution is 7.80. The Morgan fingerprint density at radius 1 is 1.00 bits per heavy atom. The van der Waals surface area contributed by atoms with Crippen LogP contribution in [-0.2, 0) is 6.42 Å². The predicted octanol–water partition coefficient (Wildman–Crippen LogP) is 3.62. The zero-order valence-electron chi connectivity index (χ0n) is 13.5. The predicted molar refractivity (Wildman–Crippen MR) is 98.5 cm³/mol. The van der Waals surface area contributed by atoms with Crippen LogP contribution in [-0.4, -0.2) is 25.9 Å². The van der Waals surface area contributed by atoms with Gasteiger partial charge in [0.05, 0.1) is 14.2 Å². The maximum atomic E-state index is 5.31. The van der Waals surface area contributed by atoms with Gasteiger partial charge in [-0.05, 0) is 42.8 Å². The molecule has 0 bridgehead atoms. The van der Waals surface area contributed by atoms with E-state index >= 15 is 0 Å². The number of hydrogen-bond acceptors (Lipinski definition) is 3. The molecule has 0 aliphatic heterocycles. The van der Waals surface area contributed by atoms with E-state index in [4.69, 9.17) is 21.7 Å². The molecule has 0 aliphatic rings. The van der Waals surface area contributed by atoms with Gasteiger partial charge in [0.25, 0.3) is 0 Å². The Balaban J connectivity index is 1.76. The van der Waals surface area contributed by atoms with Gasteiger partial charge in [-0.25, -0.2) is 0 Å². The first-order valence-electron chi connectivity index (χ1n) is 7.53. The van der Waals surface area contributed by atoms with E-state index in [9.17, 15) is 0 Å². The van der Waals surface area contributed by atoms with Crippen molar-refractivity contribution in [3.63, 3.8) is 0 Å². The topological polar surface area (TPSA) is 42.5 Å². The standard InChI is InChI=1S/C18H22N2O2S/c1-21-16-11-10-15(13-17(16)22-2)20-18(23)19-12-6-9-14-7-4-3-5-8-14/h3-5,7-8,10-11,13H,6,9,12H2,1-2H3,(H2,19,20,23). The maximum absolute atomic E-state index is 5.31. The minimum Gasteiger partial charge on any atom is -0.493 e. The number of anilines is 1. The molecule has 0 unspecified atom stereocenters. The molecule has 0 spiro atoms. The molecule has 0 atom stereocenters. The lowest BCUT2D eigenvalue weighted by Crippen LogP contribution is -2.29. The SMILES string of the molecule is COc1ccc(NC(=S)NCCCc2ccccc2)cc1OC. The lowest BCUT2D eigenvalue weighted by Gasteiger charge is -2.13. The fraction of sp³-hybridized carbons (Fsp3) is 0.278. The molecule has 2 rings (SSSR count). The molecule has 2 aromatic carbocycles. The van der Waals surface area contributed by atoms with Crippen molar-refractivity contribution in [1.29, 1.82) is 0 Å². The van der Waals surface area contributed by atoms with Crippen molar-refractivity contribution >= 4 is 23.0 Å². The Morgan fingerprint density at radius 2 is 1.74 bits per heavy atom. The van der Waals surface area contributed by atoms with Gasteiger partial charge in [-0.1, -0.05) is 30.3 Å². The van der Waals surface area contributed by atoms with E-state index in [2.05, 4.69) is 34.9 Å². The summed E-state index contributed by atoms with van der Waals surface area (Å²) in [5.74, 6) is 1.36. The van der Waals surface area contributed by atoms with Crippen LogP contribution in [0.15, 0.2) is 48.5 Å². The Labute approximate surface area is 142 Å². The van der Waals surface area contributed by atoms with Gasteiger partial charge in [0.15, 0.2) is 16.6 Å². The van der Waals surface area contributed by atoms with Crippen molar-refractivity contribution in [3.05, 3.63) is 54.1 Å². The summed E-state index contributed by atoms with van der Waals surface area (Å²) in [7, 11) is 3.23. The summed E-state index contributed by atoms with van der Waals surface area (Å²) < 4.78 is 10.5. The first kappa shape index (κ1) is 17.1.